The van der Waals surface area contributed by atoms with E-state index >= 15 is 0 Å². The average Bonchev–Trinajstić information content (AvgIpc) is 2.87. The first-order chi connectivity index (χ1) is 11.0. The van der Waals surface area contributed by atoms with Gasteiger partial charge in [0.05, 0.1) is 11.8 Å². The summed E-state index contributed by atoms with van der Waals surface area (Å²) < 4.78 is 1.74. The number of amides is 1. The van der Waals surface area contributed by atoms with Gasteiger partial charge >= 0.3 is 0 Å². The normalized spacial score (nSPS) is 15.9. The van der Waals surface area contributed by atoms with Crippen molar-refractivity contribution in [2.24, 2.45) is 7.05 Å². The van der Waals surface area contributed by atoms with Crippen LogP contribution in [0.25, 0.3) is 0 Å². The Bertz CT molecular complexity index is 704. The van der Waals surface area contributed by atoms with Crippen molar-refractivity contribution in [2.45, 2.75) is 13.5 Å². The van der Waals surface area contributed by atoms with Crippen molar-refractivity contribution in [1.82, 2.24) is 19.6 Å². The highest BCUT2D eigenvalue weighted by Gasteiger charge is 2.24. The molecule has 0 N–H and O–H groups in total. The summed E-state index contributed by atoms with van der Waals surface area (Å²) in [6.45, 7) is 6.03. The molecule has 0 aliphatic carbocycles. The maximum atomic E-state index is 12.6. The Kier molecular flexibility index (Phi) is 4.68. The molecule has 0 atom stereocenters. The first kappa shape index (κ1) is 16.0. The number of carbonyl (C=O) groups excluding carboxylic acids is 1. The minimum Gasteiger partial charge on any atom is -0.336 e. The van der Waals surface area contributed by atoms with E-state index in [0.29, 0.717) is 5.56 Å². The molecule has 0 bridgehead atoms. The van der Waals surface area contributed by atoms with Gasteiger partial charge in [0.1, 0.15) is 0 Å². The van der Waals surface area contributed by atoms with Crippen molar-refractivity contribution in [3.63, 3.8) is 0 Å². The minimum atomic E-state index is 0.0815. The SMILES string of the molecule is Cc1c(C(=O)N2CCN(Cc3cccc(Cl)c3)CC2)cnn1C. The summed E-state index contributed by atoms with van der Waals surface area (Å²) in [5.74, 6) is 0.0815. The van der Waals surface area contributed by atoms with E-state index in [-0.39, 0.29) is 5.91 Å². The molecule has 1 saturated heterocycles. The molecular weight excluding hydrogens is 312 g/mol. The van der Waals surface area contributed by atoms with E-state index in [9.17, 15) is 4.79 Å². The lowest BCUT2D eigenvalue weighted by Crippen LogP contribution is -2.48. The van der Waals surface area contributed by atoms with Gasteiger partial charge in [0.25, 0.3) is 5.91 Å². The molecule has 3 rings (SSSR count). The topological polar surface area (TPSA) is 41.4 Å². The van der Waals surface area contributed by atoms with Gasteiger partial charge in [-0.2, -0.15) is 5.10 Å². The molecule has 2 aromatic rings. The molecule has 6 heteroatoms. The summed E-state index contributed by atoms with van der Waals surface area (Å²) >= 11 is 6.03. The number of carbonyl (C=O) groups is 1. The van der Waals surface area contributed by atoms with Crippen molar-refractivity contribution in [2.75, 3.05) is 26.2 Å². The molecular formula is C17H21ClN4O. The molecule has 0 spiro atoms. The van der Waals surface area contributed by atoms with Crippen molar-refractivity contribution in [3.05, 3.63) is 52.3 Å². The molecule has 0 saturated carbocycles. The third kappa shape index (κ3) is 3.57. The Morgan fingerprint density at radius 1 is 1.26 bits per heavy atom. The molecule has 1 amide bonds. The number of halogens is 1. The van der Waals surface area contributed by atoms with Crippen LogP contribution in [0.15, 0.2) is 30.5 Å². The van der Waals surface area contributed by atoms with Crippen molar-refractivity contribution in [3.8, 4) is 0 Å². The van der Waals surface area contributed by atoms with Crippen LogP contribution in [-0.4, -0.2) is 51.7 Å². The second-order valence-corrected chi connectivity index (χ2v) is 6.40. The van der Waals surface area contributed by atoms with E-state index in [0.717, 1.165) is 43.4 Å². The molecule has 122 valence electrons. The summed E-state index contributed by atoms with van der Waals surface area (Å²) in [6, 6.07) is 7.95. The van der Waals surface area contributed by atoms with Gasteiger partial charge in [0.2, 0.25) is 0 Å². The zero-order valence-corrected chi connectivity index (χ0v) is 14.3. The predicted molar refractivity (Wildman–Crippen MR) is 90.6 cm³/mol. The number of aryl methyl sites for hydroxylation is 1. The molecule has 1 aromatic heterocycles. The van der Waals surface area contributed by atoms with Crippen LogP contribution in [0.5, 0.6) is 0 Å². The summed E-state index contributed by atoms with van der Waals surface area (Å²) in [7, 11) is 1.86. The van der Waals surface area contributed by atoms with Gasteiger partial charge in [-0.05, 0) is 24.6 Å². The third-order valence-electron chi connectivity index (χ3n) is 4.42. The zero-order valence-electron chi connectivity index (χ0n) is 13.5. The molecule has 2 heterocycles. The fourth-order valence-electron chi connectivity index (χ4n) is 2.88. The molecule has 0 unspecified atom stereocenters. The molecule has 1 aliphatic rings. The van der Waals surface area contributed by atoms with Gasteiger partial charge in [-0.1, -0.05) is 23.7 Å². The van der Waals surface area contributed by atoms with E-state index in [2.05, 4.69) is 16.1 Å². The van der Waals surface area contributed by atoms with Crippen molar-refractivity contribution in [1.29, 1.82) is 0 Å². The lowest BCUT2D eigenvalue weighted by molar-refractivity contribution is 0.0627. The zero-order chi connectivity index (χ0) is 16.4. The van der Waals surface area contributed by atoms with Crippen LogP contribution in [0, 0.1) is 6.92 Å². The number of aromatic nitrogens is 2. The smallest absolute Gasteiger partial charge is 0.257 e. The van der Waals surface area contributed by atoms with Crippen LogP contribution in [-0.2, 0) is 13.6 Å². The van der Waals surface area contributed by atoms with Crippen LogP contribution < -0.4 is 0 Å². The fourth-order valence-corrected chi connectivity index (χ4v) is 3.09. The van der Waals surface area contributed by atoms with E-state index in [4.69, 9.17) is 11.6 Å². The summed E-state index contributed by atoms with van der Waals surface area (Å²) in [5, 5.41) is 4.92. The number of nitrogens with zero attached hydrogens (tertiary/aromatic N) is 4. The Labute approximate surface area is 141 Å². The summed E-state index contributed by atoms with van der Waals surface area (Å²) in [5.41, 5.74) is 2.83. The molecule has 0 radical (unpaired) electrons. The van der Waals surface area contributed by atoms with Crippen LogP contribution in [0.1, 0.15) is 21.6 Å². The molecule has 1 aliphatic heterocycles. The van der Waals surface area contributed by atoms with Gasteiger partial charge in [0, 0.05) is 50.5 Å². The number of hydrogen-bond acceptors (Lipinski definition) is 3. The lowest BCUT2D eigenvalue weighted by Gasteiger charge is -2.34. The van der Waals surface area contributed by atoms with E-state index in [1.807, 2.05) is 37.1 Å². The molecule has 5 nitrogen and oxygen atoms in total. The predicted octanol–water partition coefficient (Wildman–Crippen LogP) is 2.34. The second-order valence-electron chi connectivity index (χ2n) is 5.97. The van der Waals surface area contributed by atoms with Gasteiger partial charge in [0.15, 0.2) is 0 Å². The molecule has 1 fully saturated rings. The summed E-state index contributed by atoms with van der Waals surface area (Å²) in [4.78, 5) is 16.8. The summed E-state index contributed by atoms with van der Waals surface area (Å²) in [6.07, 6.45) is 1.66. The van der Waals surface area contributed by atoms with Gasteiger partial charge in [-0.3, -0.25) is 14.4 Å². The quantitative estimate of drug-likeness (QED) is 0.866. The monoisotopic (exact) mass is 332 g/mol. The van der Waals surface area contributed by atoms with Crippen LogP contribution in [0.3, 0.4) is 0 Å². The first-order valence-electron chi connectivity index (χ1n) is 7.79. The first-order valence-corrected chi connectivity index (χ1v) is 8.17. The van der Waals surface area contributed by atoms with E-state index < -0.39 is 0 Å². The third-order valence-corrected chi connectivity index (χ3v) is 4.66. The van der Waals surface area contributed by atoms with Gasteiger partial charge < -0.3 is 4.90 Å². The maximum absolute atomic E-state index is 12.6. The van der Waals surface area contributed by atoms with Crippen LogP contribution in [0.4, 0.5) is 0 Å². The van der Waals surface area contributed by atoms with Gasteiger partial charge in [-0.25, -0.2) is 0 Å². The number of hydrogen-bond donors (Lipinski definition) is 0. The largest absolute Gasteiger partial charge is 0.336 e. The molecule has 1 aromatic carbocycles. The standard InChI is InChI=1S/C17H21ClN4O/c1-13-16(11-19-20(13)2)17(23)22-8-6-21(7-9-22)12-14-4-3-5-15(18)10-14/h3-5,10-11H,6-9,12H2,1-2H3. The Morgan fingerprint density at radius 3 is 2.61 bits per heavy atom. The molecule has 23 heavy (non-hydrogen) atoms. The van der Waals surface area contributed by atoms with Crippen LogP contribution in [0.2, 0.25) is 5.02 Å². The van der Waals surface area contributed by atoms with E-state index in [1.54, 1.807) is 10.9 Å². The van der Waals surface area contributed by atoms with Crippen LogP contribution >= 0.6 is 11.6 Å². The highest BCUT2D eigenvalue weighted by Crippen LogP contribution is 2.16. The van der Waals surface area contributed by atoms with Gasteiger partial charge in [-0.15, -0.1) is 0 Å². The minimum absolute atomic E-state index is 0.0815. The Morgan fingerprint density at radius 2 is 2.00 bits per heavy atom. The lowest BCUT2D eigenvalue weighted by atomic mass is 10.1. The highest BCUT2D eigenvalue weighted by molar-refractivity contribution is 6.30. The van der Waals surface area contributed by atoms with Crippen molar-refractivity contribution < 1.29 is 4.79 Å². The van der Waals surface area contributed by atoms with E-state index in [1.165, 1.54) is 5.56 Å². The number of piperazine rings is 1. The number of benzene rings is 1. The fraction of sp³-hybridized carbons (Fsp3) is 0.412. The van der Waals surface area contributed by atoms with Crippen molar-refractivity contribution >= 4 is 17.5 Å². The Balaban J connectivity index is 1.58. The maximum Gasteiger partial charge on any atom is 0.257 e. The number of rotatable bonds is 3. The Hall–Kier alpha value is -1.85. The highest BCUT2D eigenvalue weighted by atomic mass is 35.5. The second kappa shape index (κ2) is 6.72. The average molecular weight is 333 g/mol.